The number of sulfone groups is 1. The van der Waals surface area contributed by atoms with Gasteiger partial charge in [0.1, 0.15) is 5.75 Å². The third kappa shape index (κ3) is 4.92. The van der Waals surface area contributed by atoms with Crippen LogP contribution in [0.3, 0.4) is 0 Å². The van der Waals surface area contributed by atoms with Gasteiger partial charge < -0.3 is 9.15 Å². The van der Waals surface area contributed by atoms with Gasteiger partial charge in [0.25, 0.3) is 5.91 Å². The van der Waals surface area contributed by atoms with Gasteiger partial charge in [-0.2, -0.15) is 0 Å². The maximum absolute atomic E-state index is 12.6. The summed E-state index contributed by atoms with van der Waals surface area (Å²) in [5, 5.41) is 2.58. The summed E-state index contributed by atoms with van der Waals surface area (Å²) in [5.41, 5.74) is 0.513. The minimum Gasteiger partial charge on any atom is -0.459 e. The average molecular weight is 482 g/mol. The number of rotatable bonds is 6. The normalized spacial score (nSPS) is 12.1. The van der Waals surface area contributed by atoms with Gasteiger partial charge in [-0.3, -0.25) is 10.1 Å². The molecular formula is C20H13F3N2O5S2. The highest BCUT2D eigenvalue weighted by Crippen LogP contribution is 2.32. The summed E-state index contributed by atoms with van der Waals surface area (Å²) in [5.74, 6) is -1.80. The Morgan fingerprint density at radius 2 is 1.88 bits per heavy atom. The molecule has 1 N–H and O–H groups in total. The molecule has 7 nitrogen and oxygen atoms in total. The zero-order valence-electron chi connectivity index (χ0n) is 15.9. The number of nitrogens with zero attached hydrogens (tertiary/aromatic N) is 1. The first-order valence-electron chi connectivity index (χ1n) is 8.93. The highest BCUT2D eigenvalue weighted by molar-refractivity contribution is 7.90. The van der Waals surface area contributed by atoms with Crippen LogP contribution in [0.5, 0.6) is 5.75 Å². The molecule has 0 unspecified atom stereocenters. The van der Waals surface area contributed by atoms with E-state index in [4.69, 9.17) is 4.42 Å². The second-order valence-corrected chi connectivity index (χ2v) is 9.52. The van der Waals surface area contributed by atoms with Crippen LogP contribution in [-0.4, -0.2) is 25.7 Å². The van der Waals surface area contributed by atoms with Crippen LogP contribution in [0.1, 0.15) is 16.1 Å². The molecule has 4 rings (SSSR count). The summed E-state index contributed by atoms with van der Waals surface area (Å²) in [6.07, 6.45) is -3.63. The van der Waals surface area contributed by atoms with Crippen LogP contribution in [-0.2, 0) is 15.6 Å². The maximum atomic E-state index is 12.6. The SMILES string of the molecule is O=C(Nc1nc2ccc(OC(F)(F)F)cc2s1)c1occc1CS(=O)(=O)c1ccccc1. The third-order valence-electron chi connectivity index (χ3n) is 4.21. The van der Waals surface area contributed by atoms with Crippen LogP contribution in [0.4, 0.5) is 18.3 Å². The molecule has 0 aliphatic rings. The van der Waals surface area contributed by atoms with Crippen LogP contribution in [0, 0.1) is 0 Å². The van der Waals surface area contributed by atoms with Crippen LogP contribution >= 0.6 is 11.3 Å². The number of hydrogen-bond donors (Lipinski definition) is 1. The molecule has 0 saturated heterocycles. The van der Waals surface area contributed by atoms with Crippen LogP contribution in [0.2, 0.25) is 0 Å². The Labute approximate surface area is 183 Å². The van der Waals surface area contributed by atoms with E-state index in [1.807, 2.05) is 0 Å². The van der Waals surface area contributed by atoms with Crippen molar-refractivity contribution >= 4 is 42.4 Å². The zero-order valence-corrected chi connectivity index (χ0v) is 17.6. The Kier molecular flexibility index (Phi) is 5.65. The first kappa shape index (κ1) is 21.8. The molecule has 0 spiro atoms. The summed E-state index contributed by atoms with van der Waals surface area (Å²) in [4.78, 5) is 16.9. The van der Waals surface area contributed by atoms with E-state index in [1.54, 1.807) is 18.2 Å². The van der Waals surface area contributed by atoms with Gasteiger partial charge in [0.15, 0.2) is 20.7 Å². The number of amides is 1. The molecule has 0 fully saturated rings. The lowest BCUT2D eigenvalue weighted by molar-refractivity contribution is -0.274. The maximum Gasteiger partial charge on any atom is 0.573 e. The second kappa shape index (κ2) is 8.28. The molecule has 2 heterocycles. The molecule has 0 radical (unpaired) electrons. The molecule has 1 amide bonds. The first-order chi connectivity index (χ1) is 15.1. The molecule has 166 valence electrons. The number of carbonyl (C=O) groups excluding carboxylic acids is 1. The number of nitrogens with one attached hydrogen (secondary N) is 1. The number of benzene rings is 2. The topological polar surface area (TPSA) is 98.5 Å². The molecule has 0 bridgehead atoms. The molecule has 4 aromatic rings. The number of thiazole rings is 1. The largest absolute Gasteiger partial charge is 0.573 e. The van der Waals surface area contributed by atoms with Crippen LogP contribution in [0.25, 0.3) is 10.2 Å². The van der Waals surface area contributed by atoms with Crippen molar-refractivity contribution < 1.29 is 35.5 Å². The fourth-order valence-electron chi connectivity index (χ4n) is 2.87. The Morgan fingerprint density at radius 1 is 1.12 bits per heavy atom. The molecule has 2 aromatic heterocycles. The lowest BCUT2D eigenvalue weighted by Gasteiger charge is -2.07. The molecule has 0 aliphatic heterocycles. The van der Waals surface area contributed by atoms with Crippen molar-refractivity contribution in [3.05, 3.63) is 72.2 Å². The van der Waals surface area contributed by atoms with Gasteiger partial charge in [0.2, 0.25) is 0 Å². The van der Waals surface area contributed by atoms with Gasteiger partial charge in [-0.15, -0.1) is 13.2 Å². The van der Waals surface area contributed by atoms with Crippen molar-refractivity contribution in [3.8, 4) is 5.75 Å². The van der Waals surface area contributed by atoms with Gasteiger partial charge in [0, 0.05) is 11.6 Å². The number of aromatic nitrogens is 1. The lowest BCUT2D eigenvalue weighted by Crippen LogP contribution is -2.16. The highest BCUT2D eigenvalue weighted by atomic mass is 32.2. The number of hydrogen-bond acceptors (Lipinski definition) is 7. The van der Waals surface area contributed by atoms with E-state index >= 15 is 0 Å². The monoisotopic (exact) mass is 482 g/mol. The predicted octanol–water partition coefficient (Wildman–Crippen LogP) is 5.01. The molecule has 2 aromatic carbocycles. The van der Waals surface area contributed by atoms with E-state index in [9.17, 15) is 26.4 Å². The number of alkyl halides is 3. The van der Waals surface area contributed by atoms with E-state index in [1.165, 1.54) is 30.5 Å². The van der Waals surface area contributed by atoms with Gasteiger partial charge in [0.05, 0.1) is 27.1 Å². The summed E-state index contributed by atoms with van der Waals surface area (Å²) >= 11 is 0.929. The Morgan fingerprint density at radius 3 is 2.59 bits per heavy atom. The van der Waals surface area contributed by atoms with Crippen molar-refractivity contribution in [2.45, 2.75) is 17.0 Å². The van der Waals surface area contributed by atoms with Crippen molar-refractivity contribution in [2.24, 2.45) is 0 Å². The average Bonchev–Trinajstić information content (AvgIpc) is 3.33. The van der Waals surface area contributed by atoms with Crippen LogP contribution in [0.15, 0.2) is 70.2 Å². The van der Waals surface area contributed by atoms with E-state index in [2.05, 4.69) is 15.0 Å². The fraction of sp³-hybridized carbons (Fsp3) is 0.100. The van der Waals surface area contributed by atoms with Crippen LogP contribution < -0.4 is 10.1 Å². The zero-order chi connectivity index (χ0) is 22.9. The van der Waals surface area contributed by atoms with Crippen molar-refractivity contribution in [1.82, 2.24) is 4.98 Å². The predicted molar refractivity (Wildman–Crippen MR) is 110 cm³/mol. The summed E-state index contributed by atoms with van der Waals surface area (Å²) in [6.45, 7) is 0. The van der Waals surface area contributed by atoms with Gasteiger partial charge in [-0.1, -0.05) is 29.5 Å². The van der Waals surface area contributed by atoms with Crippen molar-refractivity contribution in [3.63, 3.8) is 0 Å². The quantitative estimate of drug-likeness (QED) is 0.415. The van der Waals surface area contributed by atoms with E-state index in [-0.39, 0.29) is 21.4 Å². The number of halogens is 3. The number of fused-ring (bicyclic) bond motifs is 1. The molecule has 0 aliphatic carbocycles. The highest BCUT2D eigenvalue weighted by Gasteiger charge is 2.31. The first-order valence-corrected chi connectivity index (χ1v) is 11.4. The Hall–Kier alpha value is -3.38. The van der Waals surface area contributed by atoms with Crippen molar-refractivity contribution in [2.75, 3.05) is 5.32 Å². The molecule has 0 atom stereocenters. The fourth-order valence-corrected chi connectivity index (χ4v) is 5.14. The van der Waals surface area contributed by atoms with E-state index in [0.29, 0.717) is 10.2 Å². The van der Waals surface area contributed by atoms with Crippen molar-refractivity contribution in [1.29, 1.82) is 0 Å². The number of ether oxygens (including phenoxy) is 1. The number of furan rings is 1. The second-order valence-electron chi connectivity index (χ2n) is 6.50. The molecule has 32 heavy (non-hydrogen) atoms. The number of anilines is 1. The number of carbonyl (C=O) groups is 1. The van der Waals surface area contributed by atoms with Gasteiger partial charge in [-0.05, 0) is 30.3 Å². The Bertz CT molecular complexity index is 1380. The standard InChI is InChI=1S/C20H13F3N2O5S2/c21-20(22,23)30-13-6-7-15-16(10-13)31-19(24-15)25-18(26)17-12(8-9-29-17)11-32(27,28)14-4-2-1-3-5-14/h1-10H,11H2,(H,24,25,26). The smallest absolute Gasteiger partial charge is 0.459 e. The molecule has 0 saturated carbocycles. The molecular weight excluding hydrogens is 469 g/mol. The van der Waals surface area contributed by atoms with E-state index < -0.39 is 33.6 Å². The van der Waals surface area contributed by atoms with Gasteiger partial charge >= 0.3 is 6.36 Å². The third-order valence-corrected chi connectivity index (χ3v) is 6.83. The Balaban J connectivity index is 1.53. The summed E-state index contributed by atoms with van der Waals surface area (Å²) < 4.78 is 71.8. The minimum absolute atomic E-state index is 0.0995. The summed E-state index contributed by atoms with van der Waals surface area (Å²) in [7, 11) is -3.71. The summed E-state index contributed by atoms with van der Waals surface area (Å²) in [6, 6.07) is 12.7. The minimum atomic E-state index is -4.83. The lowest BCUT2D eigenvalue weighted by atomic mass is 10.3. The van der Waals surface area contributed by atoms with E-state index in [0.717, 1.165) is 23.5 Å². The van der Waals surface area contributed by atoms with Gasteiger partial charge in [-0.25, -0.2) is 13.4 Å². The molecule has 12 heteroatoms.